The minimum Gasteiger partial charge on any atom is -0.347 e. The van der Waals surface area contributed by atoms with Gasteiger partial charge in [0.05, 0.1) is 12.4 Å². The standard InChI is InChI=1S/C17H20N4O/c1-4-9-18-17(22)15-11-20-16(12-19-15)21(5-2)14-8-6-7-13(3)10-14/h4,6-8,10-12H,1,5,9H2,2-3H3,(H,18,22). The van der Waals surface area contributed by atoms with E-state index in [-0.39, 0.29) is 5.91 Å². The lowest BCUT2D eigenvalue weighted by Gasteiger charge is -2.22. The fourth-order valence-corrected chi connectivity index (χ4v) is 2.11. The van der Waals surface area contributed by atoms with Crippen LogP contribution in [0, 0.1) is 6.92 Å². The lowest BCUT2D eigenvalue weighted by atomic mass is 10.2. The zero-order valence-electron chi connectivity index (χ0n) is 12.9. The van der Waals surface area contributed by atoms with Crippen LogP contribution in [0.5, 0.6) is 0 Å². The lowest BCUT2D eigenvalue weighted by molar-refractivity contribution is 0.0952. The molecule has 1 N–H and O–H groups in total. The minimum atomic E-state index is -0.252. The summed E-state index contributed by atoms with van der Waals surface area (Å²) in [4.78, 5) is 22.4. The Labute approximate surface area is 130 Å². The van der Waals surface area contributed by atoms with Crippen molar-refractivity contribution >= 4 is 17.4 Å². The van der Waals surface area contributed by atoms with Crippen LogP contribution in [0.4, 0.5) is 11.5 Å². The summed E-state index contributed by atoms with van der Waals surface area (Å²) in [6, 6.07) is 8.19. The van der Waals surface area contributed by atoms with Gasteiger partial charge in [-0.25, -0.2) is 9.97 Å². The molecule has 1 aromatic heterocycles. The molecular weight excluding hydrogens is 276 g/mol. The molecule has 0 spiro atoms. The Morgan fingerprint density at radius 3 is 2.77 bits per heavy atom. The van der Waals surface area contributed by atoms with E-state index >= 15 is 0 Å². The van der Waals surface area contributed by atoms with Gasteiger partial charge < -0.3 is 10.2 Å². The molecule has 0 unspecified atom stereocenters. The second kappa shape index (κ2) is 7.36. The molecular formula is C17H20N4O. The van der Waals surface area contributed by atoms with Crippen LogP contribution in [0.2, 0.25) is 0 Å². The highest BCUT2D eigenvalue weighted by Crippen LogP contribution is 2.23. The maximum absolute atomic E-state index is 11.8. The van der Waals surface area contributed by atoms with E-state index in [0.717, 1.165) is 12.2 Å². The van der Waals surface area contributed by atoms with E-state index in [4.69, 9.17) is 0 Å². The number of amides is 1. The first-order valence-electron chi connectivity index (χ1n) is 7.21. The third-order valence-electron chi connectivity index (χ3n) is 3.18. The van der Waals surface area contributed by atoms with Crippen LogP contribution in [-0.2, 0) is 0 Å². The molecule has 22 heavy (non-hydrogen) atoms. The van der Waals surface area contributed by atoms with E-state index in [1.54, 1.807) is 12.3 Å². The van der Waals surface area contributed by atoms with Crippen molar-refractivity contribution in [1.29, 1.82) is 0 Å². The van der Waals surface area contributed by atoms with Gasteiger partial charge in [0.25, 0.3) is 5.91 Å². The molecule has 0 saturated carbocycles. The van der Waals surface area contributed by atoms with Crippen LogP contribution in [-0.4, -0.2) is 29.0 Å². The Hall–Kier alpha value is -2.69. The minimum absolute atomic E-state index is 0.252. The molecule has 1 aromatic carbocycles. The third kappa shape index (κ3) is 3.69. The SMILES string of the molecule is C=CCNC(=O)c1cnc(N(CC)c2cccc(C)c2)cn1. The Bertz CT molecular complexity index is 652. The Morgan fingerprint density at radius 2 is 2.18 bits per heavy atom. The van der Waals surface area contributed by atoms with Crippen molar-refractivity contribution in [1.82, 2.24) is 15.3 Å². The zero-order chi connectivity index (χ0) is 15.9. The van der Waals surface area contributed by atoms with Crippen LogP contribution in [0.1, 0.15) is 23.0 Å². The summed E-state index contributed by atoms with van der Waals surface area (Å²) in [6.45, 7) is 8.83. The summed E-state index contributed by atoms with van der Waals surface area (Å²) in [5.74, 6) is 0.464. The lowest BCUT2D eigenvalue weighted by Crippen LogP contribution is -2.25. The fraction of sp³-hybridized carbons (Fsp3) is 0.235. The van der Waals surface area contributed by atoms with Crippen LogP contribution < -0.4 is 10.2 Å². The number of aryl methyl sites for hydroxylation is 1. The van der Waals surface area contributed by atoms with Crippen molar-refractivity contribution in [2.24, 2.45) is 0 Å². The highest BCUT2D eigenvalue weighted by Gasteiger charge is 2.11. The summed E-state index contributed by atoms with van der Waals surface area (Å²) < 4.78 is 0. The Balaban J connectivity index is 2.20. The molecule has 5 heteroatoms. The molecule has 0 aliphatic heterocycles. The number of rotatable bonds is 6. The van der Waals surface area contributed by atoms with Crippen molar-refractivity contribution in [2.45, 2.75) is 13.8 Å². The topological polar surface area (TPSA) is 58.1 Å². The van der Waals surface area contributed by atoms with Crippen molar-refractivity contribution < 1.29 is 4.79 Å². The average molecular weight is 296 g/mol. The van der Waals surface area contributed by atoms with E-state index in [9.17, 15) is 4.79 Å². The van der Waals surface area contributed by atoms with Gasteiger partial charge in [0, 0.05) is 18.8 Å². The number of nitrogens with zero attached hydrogens (tertiary/aromatic N) is 3. The number of anilines is 2. The largest absolute Gasteiger partial charge is 0.347 e. The number of nitrogens with one attached hydrogen (secondary N) is 1. The van der Waals surface area contributed by atoms with Crippen molar-refractivity contribution in [3.8, 4) is 0 Å². The van der Waals surface area contributed by atoms with E-state index in [1.165, 1.54) is 11.8 Å². The third-order valence-corrected chi connectivity index (χ3v) is 3.18. The molecule has 114 valence electrons. The second-order valence-electron chi connectivity index (χ2n) is 4.84. The number of carbonyl (C=O) groups excluding carboxylic acids is 1. The molecule has 0 fully saturated rings. The average Bonchev–Trinajstić information content (AvgIpc) is 2.54. The molecule has 2 rings (SSSR count). The van der Waals surface area contributed by atoms with Gasteiger partial charge >= 0.3 is 0 Å². The number of carbonyl (C=O) groups is 1. The van der Waals surface area contributed by atoms with E-state index in [2.05, 4.69) is 47.8 Å². The summed E-state index contributed by atoms with van der Waals surface area (Å²) in [5.41, 5.74) is 2.54. The highest BCUT2D eigenvalue weighted by atomic mass is 16.1. The predicted molar refractivity (Wildman–Crippen MR) is 88.4 cm³/mol. The molecule has 0 saturated heterocycles. The van der Waals surface area contributed by atoms with E-state index in [1.807, 2.05) is 17.0 Å². The summed E-state index contributed by atoms with van der Waals surface area (Å²) in [7, 11) is 0. The van der Waals surface area contributed by atoms with Crippen molar-refractivity contribution in [3.63, 3.8) is 0 Å². The predicted octanol–water partition coefficient (Wildman–Crippen LogP) is 2.86. The molecule has 0 bridgehead atoms. The number of benzene rings is 1. The maximum Gasteiger partial charge on any atom is 0.271 e. The van der Waals surface area contributed by atoms with Gasteiger partial charge in [-0.3, -0.25) is 4.79 Å². The van der Waals surface area contributed by atoms with Gasteiger partial charge in [-0.15, -0.1) is 6.58 Å². The fourth-order valence-electron chi connectivity index (χ4n) is 2.11. The van der Waals surface area contributed by atoms with Gasteiger partial charge in [0.1, 0.15) is 5.69 Å². The second-order valence-corrected chi connectivity index (χ2v) is 4.84. The van der Waals surface area contributed by atoms with E-state index in [0.29, 0.717) is 18.1 Å². The van der Waals surface area contributed by atoms with Crippen LogP contribution in [0.15, 0.2) is 49.3 Å². The summed E-state index contributed by atoms with van der Waals surface area (Å²) >= 11 is 0. The first-order valence-corrected chi connectivity index (χ1v) is 7.21. The Kier molecular flexibility index (Phi) is 5.25. The van der Waals surface area contributed by atoms with Crippen molar-refractivity contribution in [2.75, 3.05) is 18.0 Å². The highest BCUT2D eigenvalue weighted by molar-refractivity contribution is 5.92. The molecule has 0 aliphatic carbocycles. The van der Waals surface area contributed by atoms with Gasteiger partial charge in [0.15, 0.2) is 5.82 Å². The van der Waals surface area contributed by atoms with E-state index < -0.39 is 0 Å². The number of hydrogen-bond donors (Lipinski definition) is 1. The van der Waals surface area contributed by atoms with Gasteiger partial charge in [-0.05, 0) is 31.5 Å². The Morgan fingerprint density at radius 1 is 1.36 bits per heavy atom. The number of aromatic nitrogens is 2. The summed E-state index contributed by atoms with van der Waals surface area (Å²) in [5, 5.41) is 2.68. The van der Waals surface area contributed by atoms with Crippen LogP contribution in [0.3, 0.4) is 0 Å². The van der Waals surface area contributed by atoms with Gasteiger partial charge in [-0.1, -0.05) is 18.2 Å². The maximum atomic E-state index is 11.8. The quantitative estimate of drug-likeness (QED) is 0.833. The first-order chi connectivity index (χ1) is 10.7. The molecule has 1 amide bonds. The first kappa shape index (κ1) is 15.7. The molecule has 0 radical (unpaired) electrons. The molecule has 1 heterocycles. The van der Waals surface area contributed by atoms with Crippen LogP contribution >= 0.6 is 0 Å². The monoisotopic (exact) mass is 296 g/mol. The van der Waals surface area contributed by atoms with Crippen LogP contribution in [0.25, 0.3) is 0 Å². The van der Waals surface area contributed by atoms with Crippen molar-refractivity contribution in [3.05, 3.63) is 60.6 Å². The molecule has 0 atom stereocenters. The normalized spacial score (nSPS) is 10.1. The summed E-state index contributed by atoms with van der Waals surface area (Å²) in [6.07, 6.45) is 4.73. The molecule has 5 nitrogen and oxygen atoms in total. The smallest absolute Gasteiger partial charge is 0.271 e. The number of hydrogen-bond acceptors (Lipinski definition) is 4. The molecule has 2 aromatic rings. The zero-order valence-corrected chi connectivity index (χ0v) is 12.9. The van der Waals surface area contributed by atoms with Gasteiger partial charge in [-0.2, -0.15) is 0 Å². The van der Waals surface area contributed by atoms with Gasteiger partial charge in [0.2, 0.25) is 0 Å². The molecule has 0 aliphatic rings.